The van der Waals surface area contributed by atoms with Crippen LogP contribution in [0.2, 0.25) is 10.3 Å². The molecule has 1 N–H and O–H groups in total. The summed E-state index contributed by atoms with van der Waals surface area (Å²) < 4.78 is 23.2. The summed E-state index contributed by atoms with van der Waals surface area (Å²) in [5.74, 6) is -0.257. The van der Waals surface area contributed by atoms with Crippen molar-refractivity contribution in [2.75, 3.05) is 12.3 Å². The summed E-state index contributed by atoms with van der Waals surface area (Å²) in [6, 6.07) is 2.91. The molecule has 1 aliphatic heterocycles. The van der Waals surface area contributed by atoms with Crippen molar-refractivity contribution in [3.05, 3.63) is 28.0 Å². The number of carbonyl (C=O) groups is 1. The molecule has 1 atom stereocenters. The molecule has 5 nitrogen and oxygen atoms in total. The number of carbonyl (C=O) groups excluding carboxylic acids is 1. The van der Waals surface area contributed by atoms with Crippen LogP contribution in [-0.2, 0) is 9.84 Å². The highest BCUT2D eigenvalue weighted by Gasteiger charge is 2.31. The Morgan fingerprint density at radius 3 is 2.74 bits per heavy atom. The van der Waals surface area contributed by atoms with Gasteiger partial charge in [0.2, 0.25) is 0 Å². The molecule has 1 aromatic rings. The van der Waals surface area contributed by atoms with E-state index >= 15 is 0 Å². The SMILES string of the molecule is O=C(NCC1CCCS1(=O)=O)c1ccc(Cl)nc1Cl. The van der Waals surface area contributed by atoms with Gasteiger partial charge in [0, 0.05) is 6.54 Å². The lowest BCUT2D eigenvalue weighted by atomic mass is 10.2. The highest BCUT2D eigenvalue weighted by molar-refractivity contribution is 7.92. The van der Waals surface area contributed by atoms with Crippen molar-refractivity contribution in [1.29, 1.82) is 0 Å². The van der Waals surface area contributed by atoms with Crippen molar-refractivity contribution in [1.82, 2.24) is 10.3 Å². The topological polar surface area (TPSA) is 76.1 Å². The first-order valence-electron chi connectivity index (χ1n) is 5.72. The lowest BCUT2D eigenvalue weighted by Gasteiger charge is -2.11. The Morgan fingerprint density at radius 1 is 1.42 bits per heavy atom. The minimum Gasteiger partial charge on any atom is -0.351 e. The van der Waals surface area contributed by atoms with Crippen LogP contribution in [-0.4, -0.2) is 36.9 Å². The molecule has 8 heteroatoms. The van der Waals surface area contributed by atoms with Gasteiger partial charge in [0.15, 0.2) is 9.84 Å². The van der Waals surface area contributed by atoms with E-state index in [9.17, 15) is 13.2 Å². The first kappa shape index (κ1) is 14.6. The molecule has 1 unspecified atom stereocenters. The summed E-state index contributed by atoms with van der Waals surface area (Å²) in [5.41, 5.74) is 0.182. The molecular formula is C11H12Cl2N2O3S. The number of aromatic nitrogens is 1. The van der Waals surface area contributed by atoms with E-state index in [1.165, 1.54) is 12.1 Å². The molecule has 0 saturated carbocycles. The van der Waals surface area contributed by atoms with E-state index in [0.29, 0.717) is 12.8 Å². The summed E-state index contributed by atoms with van der Waals surface area (Å²) >= 11 is 11.4. The Balaban J connectivity index is 2.02. The van der Waals surface area contributed by atoms with Crippen LogP contribution in [0.3, 0.4) is 0 Å². The molecule has 2 rings (SSSR count). The van der Waals surface area contributed by atoms with Crippen LogP contribution in [0, 0.1) is 0 Å². The minimum absolute atomic E-state index is 0.000668. The first-order valence-corrected chi connectivity index (χ1v) is 8.19. The van der Waals surface area contributed by atoms with Gasteiger partial charge in [-0.15, -0.1) is 0 Å². The lowest BCUT2D eigenvalue weighted by Crippen LogP contribution is -2.34. The van der Waals surface area contributed by atoms with Gasteiger partial charge in [0.05, 0.1) is 16.6 Å². The number of sulfone groups is 1. The molecule has 0 radical (unpaired) electrons. The molecule has 0 aromatic carbocycles. The molecule has 2 heterocycles. The second-order valence-corrected chi connectivity index (χ2v) is 7.46. The van der Waals surface area contributed by atoms with Crippen LogP contribution in [0.4, 0.5) is 0 Å². The molecular weight excluding hydrogens is 311 g/mol. The standard InChI is InChI=1S/C11H12Cl2N2O3S/c12-9-4-3-8(10(13)15-9)11(16)14-6-7-2-1-5-19(7,17)18/h3-4,7H,1-2,5-6H2,(H,14,16). The quantitative estimate of drug-likeness (QED) is 0.859. The normalized spacial score (nSPS) is 21.3. The Hall–Kier alpha value is -0.850. The molecule has 1 aliphatic rings. The second kappa shape index (κ2) is 5.64. The minimum atomic E-state index is -3.07. The Kier molecular flexibility index (Phi) is 4.32. The van der Waals surface area contributed by atoms with Crippen LogP contribution in [0.1, 0.15) is 23.2 Å². The maximum Gasteiger partial charge on any atom is 0.254 e. The summed E-state index contributed by atoms with van der Waals surface area (Å²) in [5, 5.41) is 2.26. The highest BCUT2D eigenvalue weighted by Crippen LogP contribution is 2.20. The van der Waals surface area contributed by atoms with E-state index in [1.54, 1.807) is 0 Å². The van der Waals surface area contributed by atoms with Gasteiger partial charge in [-0.3, -0.25) is 4.79 Å². The van der Waals surface area contributed by atoms with Crippen molar-refractivity contribution >= 4 is 38.9 Å². The van der Waals surface area contributed by atoms with Crippen LogP contribution < -0.4 is 5.32 Å². The molecule has 0 aliphatic carbocycles. The Bertz CT molecular complexity index is 604. The van der Waals surface area contributed by atoms with Crippen LogP contribution >= 0.6 is 23.2 Å². The second-order valence-electron chi connectivity index (χ2n) is 4.31. The molecule has 1 fully saturated rings. The van der Waals surface area contributed by atoms with Crippen LogP contribution in [0.5, 0.6) is 0 Å². The third-order valence-electron chi connectivity index (χ3n) is 3.01. The van der Waals surface area contributed by atoms with Gasteiger partial charge in [-0.25, -0.2) is 13.4 Å². The fourth-order valence-electron chi connectivity index (χ4n) is 1.97. The average molecular weight is 323 g/mol. The molecule has 1 amide bonds. The molecule has 0 bridgehead atoms. The number of halogens is 2. The Labute approximate surface area is 121 Å². The van der Waals surface area contributed by atoms with Gasteiger partial charge in [-0.1, -0.05) is 23.2 Å². The van der Waals surface area contributed by atoms with E-state index in [0.717, 1.165) is 0 Å². The summed E-state index contributed by atoms with van der Waals surface area (Å²) in [7, 11) is -3.07. The number of pyridine rings is 1. The predicted molar refractivity (Wildman–Crippen MR) is 73.4 cm³/mol. The zero-order valence-electron chi connectivity index (χ0n) is 9.90. The van der Waals surface area contributed by atoms with Crippen molar-refractivity contribution < 1.29 is 13.2 Å². The van der Waals surface area contributed by atoms with Gasteiger partial charge < -0.3 is 5.32 Å². The molecule has 0 spiro atoms. The monoisotopic (exact) mass is 322 g/mol. The van der Waals surface area contributed by atoms with E-state index in [1.807, 2.05) is 0 Å². The van der Waals surface area contributed by atoms with Gasteiger partial charge in [-0.2, -0.15) is 0 Å². The van der Waals surface area contributed by atoms with Crippen LogP contribution in [0.15, 0.2) is 12.1 Å². The third-order valence-corrected chi connectivity index (χ3v) is 5.79. The Morgan fingerprint density at radius 2 is 2.16 bits per heavy atom. The maximum absolute atomic E-state index is 11.9. The molecule has 1 aromatic heterocycles. The number of nitrogens with zero attached hydrogens (tertiary/aromatic N) is 1. The zero-order valence-corrected chi connectivity index (χ0v) is 12.2. The number of rotatable bonds is 3. The fourth-order valence-corrected chi connectivity index (χ4v) is 4.17. The number of hydrogen-bond donors (Lipinski definition) is 1. The van der Waals surface area contributed by atoms with Crippen molar-refractivity contribution in [3.8, 4) is 0 Å². The van der Waals surface area contributed by atoms with Crippen LogP contribution in [0.25, 0.3) is 0 Å². The summed E-state index contributed by atoms with van der Waals surface area (Å²) in [6.07, 6.45) is 1.22. The number of amides is 1. The summed E-state index contributed by atoms with van der Waals surface area (Å²) in [6.45, 7) is 0.0973. The zero-order chi connectivity index (χ0) is 14.0. The van der Waals surface area contributed by atoms with E-state index in [-0.39, 0.29) is 28.2 Å². The van der Waals surface area contributed by atoms with E-state index < -0.39 is 21.0 Å². The first-order chi connectivity index (χ1) is 8.90. The predicted octanol–water partition coefficient (Wildman–Crippen LogP) is 1.70. The van der Waals surface area contributed by atoms with Gasteiger partial charge in [-0.05, 0) is 25.0 Å². The van der Waals surface area contributed by atoms with Crippen molar-refractivity contribution in [2.45, 2.75) is 18.1 Å². The smallest absolute Gasteiger partial charge is 0.254 e. The highest BCUT2D eigenvalue weighted by atomic mass is 35.5. The molecule has 19 heavy (non-hydrogen) atoms. The van der Waals surface area contributed by atoms with Gasteiger partial charge >= 0.3 is 0 Å². The van der Waals surface area contributed by atoms with E-state index in [2.05, 4.69) is 10.3 Å². The number of nitrogens with one attached hydrogen (secondary N) is 1. The molecule has 1 saturated heterocycles. The van der Waals surface area contributed by atoms with Crippen molar-refractivity contribution in [3.63, 3.8) is 0 Å². The van der Waals surface area contributed by atoms with Gasteiger partial charge in [0.1, 0.15) is 10.3 Å². The molecule has 104 valence electrons. The van der Waals surface area contributed by atoms with Gasteiger partial charge in [0.25, 0.3) is 5.91 Å². The fraction of sp³-hybridized carbons (Fsp3) is 0.455. The third kappa shape index (κ3) is 3.38. The van der Waals surface area contributed by atoms with E-state index in [4.69, 9.17) is 23.2 Å². The largest absolute Gasteiger partial charge is 0.351 e. The average Bonchev–Trinajstić information content (AvgIpc) is 2.65. The summed E-state index contributed by atoms with van der Waals surface area (Å²) in [4.78, 5) is 15.6. The number of hydrogen-bond acceptors (Lipinski definition) is 4. The van der Waals surface area contributed by atoms with Crippen molar-refractivity contribution in [2.24, 2.45) is 0 Å². The maximum atomic E-state index is 11.9. The lowest BCUT2D eigenvalue weighted by molar-refractivity contribution is 0.0953.